The molecule has 1 amide bonds. The van der Waals surface area contributed by atoms with Crippen LogP contribution in [0.25, 0.3) is 11.5 Å². The van der Waals surface area contributed by atoms with Crippen molar-refractivity contribution in [2.45, 2.75) is 12.7 Å². The van der Waals surface area contributed by atoms with Crippen LogP contribution >= 0.6 is 15.9 Å². The lowest BCUT2D eigenvalue weighted by atomic mass is 10.1. The van der Waals surface area contributed by atoms with Crippen molar-refractivity contribution in [2.75, 3.05) is 0 Å². The third-order valence-electron chi connectivity index (χ3n) is 2.38. The highest BCUT2D eigenvalue weighted by atomic mass is 79.9. The van der Waals surface area contributed by atoms with Gasteiger partial charge in [-0.15, -0.1) is 10.2 Å². The highest BCUT2D eigenvalue weighted by Crippen LogP contribution is 2.38. The topological polar surface area (TPSA) is 88.2 Å². The zero-order valence-electron chi connectivity index (χ0n) is 10.1. The number of amides is 1. The van der Waals surface area contributed by atoms with Gasteiger partial charge in [0.15, 0.2) is 0 Å². The minimum absolute atomic E-state index is 0.136. The number of benzene rings is 1. The molecule has 0 spiro atoms. The van der Waals surface area contributed by atoms with Gasteiger partial charge in [-0.05, 0) is 18.2 Å². The molecule has 2 N–H and O–H groups in total. The van der Waals surface area contributed by atoms with E-state index >= 15 is 0 Å². The lowest BCUT2D eigenvalue weighted by molar-refractivity contribution is -0.137. The van der Waals surface area contributed by atoms with E-state index in [4.69, 9.17) is 9.52 Å². The molecule has 0 aliphatic heterocycles. The standard InChI is InChI=1S/C11H7BrF3N3O3/c12-5-1-2-6(7(3-5)11(13,14)15)9-18-17-8(21-9)4-16-10(19)20/h1-3,16H,4H2,(H,19,20). The number of alkyl halides is 3. The number of halogens is 4. The van der Waals surface area contributed by atoms with Crippen LogP contribution in [0, 0.1) is 0 Å². The third-order valence-corrected chi connectivity index (χ3v) is 2.87. The van der Waals surface area contributed by atoms with E-state index in [1.807, 2.05) is 5.32 Å². The fourth-order valence-electron chi connectivity index (χ4n) is 1.52. The van der Waals surface area contributed by atoms with E-state index in [1.54, 1.807) is 0 Å². The second kappa shape index (κ2) is 5.72. The van der Waals surface area contributed by atoms with Gasteiger partial charge in [0.2, 0.25) is 11.8 Å². The molecule has 1 aromatic heterocycles. The Labute approximate surface area is 124 Å². The first-order valence-corrected chi connectivity index (χ1v) is 6.23. The van der Waals surface area contributed by atoms with Gasteiger partial charge in [-0.25, -0.2) is 4.79 Å². The summed E-state index contributed by atoms with van der Waals surface area (Å²) in [7, 11) is 0. The van der Waals surface area contributed by atoms with Gasteiger partial charge >= 0.3 is 12.3 Å². The summed E-state index contributed by atoms with van der Waals surface area (Å²) in [6.07, 6.45) is -5.90. The Morgan fingerprint density at radius 3 is 2.71 bits per heavy atom. The number of rotatable bonds is 3. The molecule has 2 aromatic rings. The second-order valence-corrected chi connectivity index (χ2v) is 4.76. The van der Waals surface area contributed by atoms with Gasteiger partial charge in [-0.1, -0.05) is 15.9 Å². The minimum Gasteiger partial charge on any atom is -0.465 e. The van der Waals surface area contributed by atoms with Crippen LogP contribution in [-0.4, -0.2) is 21.4 Å². The average Bonchev–Trinajstić information content (AvgIpc) is 2.84. The first kappa shape index (κ1) is 15.3. The lowest BCUT2D eigenvalue weighted by Crippen LogP contribution is -2.20. The van der Waals surface area contributed by atoms with Crippen LogP contribution in [-0.2, 0) is 12.7 Å². The third kappa shape index (κ3) is 3.72. The van der Waals surface area contributed by atoms with E-state index in [1.165, 1.54) is 12.1 Å². The number of aromatic nitrogens is 2. The molecular formula is C11H7BrF3N3O3. The average molecular weight is 366 g/mol. The summed E-state index contributed by atoms with van der Waals surface area (Å²) >= 11 is 2.97. The summed E-state index contributed by atoms with van der Waals surface area (Å²) in [5.74, 6) is -0.472. The van der Waals surface area contributed by atoms with Gasteiger partial charge in [-0.3, -0.25) is 0 Å². The molecule has 0 fully saturated rings. The van der Waals surface area contributed by atoms with Gasteiger partial charge in [0.1, 0.15) is 0 Å². The predicted octanol–water partition coefficient (Wildman–Crippen LogP) is 3.29. The Hall–Kier alpha value is -2.10. The van der Waals surface area contributed by atoms with Crippen molar-refractivity contribution in [2.24, 2.45) is 0 Å². The summed E-state index contributed by atoms with van der Waals surface area (Å²) < 4.78 is 44.2. The van der Waals surface area contributed by atoms with Gasteiger partial charge in [-0.2, -0.15) is 13.2 Å². The molecule has 0 bridgehead atoms. The summed E-state index contributed by atoms with van der Waals surface area (Å²) in [4.78, 5) is 10.3. The molecule has 1 heterocycles. The first-order chi connectivity index (χ1) is 9.77. The molecule has 1 aromatic carbocycles. The Kier molecular flexibility index (Phi) is 4.16. The van der Waals surface area contributed by atoms with E-state index in [9.17, 15) is 18.0 Å². The molecule has 0 aliphatic carbocycles. The van der Waals surface area contributed by atoms with Crippen molar-refractivity contribution < 1.29 is 27.5 Å². The maximum Gasteiger partial charge on any atom is 0.417 e. The Morgan fingerprint density at radius 1 is 1.38 bits per heavy atom. The highest BCUT2D eigenvalue weighted by Gasteiger charge is 2.35. The quantitative estimate of drug-likeness (QED) is 0.871. The molecule has 21 heavy (non-hydrogen) atoms. The van der Waals surface area contributed by atoms with Crippen molar-refractivity contribution in [1.29, 1.82) is 0 Å². The maximum absolute atomic E-state index is 13.0. The minimum atomic E-state index is -4.59. The van der Waals surface area contributed by atoms with Crippen molar-refractivity contribution >= 4 is 22.0 Å². The zero-order valence-corrected chi connectivity index (χ0v) is 11.7. The molecule has 0 saturated heterocycles. The molecule has 0 unspecified atom stereocenters. The highest BCUT2D eigenvalue weighted by molar-refractivity contribution is 9.10. The summed E-state index contributed by atoms with van der Waals surface area (Å²) in [5.41, 5.74) is -1.21. The smallest absolute Gasteiger partial charge is 0.417 e. The summed E-state index contributed by atoms with van der Waals surface area (Å²) in [6, 6.07) is 3.49. The first-order valence-electron chi connectivity index (χ1n) is 5.43. The number of carboxylic acid groups (broad SMARTS) is 1. The lowest BCUT2D eigenvalue weighted by Gasteiger charge is -2.10. The fourth-order valence-corrected chi connectivity index (χ4v) is 1.88. The van der Waals surface area contributed by atoms with Crippen molar-refractivity contribution in [3.8, 4) is 11.5 Å². The van der Waals surface area contributed by atoms with E-state index in [2.05, 4.69) is 26.1 Å². The summed E-state index contributed by atoms with van der Waals surface area (Å²) in [6.45, 7) is -0.291. The number of hydrogen-bond acceptors (Lipinski definition) is 4. The van der Waals surface area contributed by atoms with E-state index in [0.717, 1.165) is 6.07 Å². The van der Waals surface area contributed by atoms with E-state index in [0.29, 0.717) is 0 Å². The molecule has 0 radical (unpaired) electrons. The number of hydrogen-bond donors (Lipinski definition) is 2. The molecular weight excluding hydrogens is 359 g/mol. The Bertz CT molecular complexity index is 672. The molecule has 0 aliphatic rings. The normalized spacial score (nSPS) is 11.4. The molecule has 2 rings (SSSR count). The van der Waals surface area contributed by atoms with Crippen LogP contribution in [0.2, 0.25) is 0 Å². The van der Waals surface area contributed by atoms with Crippen LogP contribution in [0.4, 0.5) is 18.0 Å². The van der Waals surface area contributed by atoms with Gasteiger partial charge in [0.05, 0.1) is 17.7 Å². The van der Waals surface area contributed by atoms with Crippen molar-refractivity contribution in [3.05, 3.63) is 34.1 Å². The monoisotopic (exact) mass is 365 g/mol. The number of nitrogens with one attached hydrogen (secondary N) is 1. The fraction of sp³-hybridized carbons (Fsp3) is 0.182. The van der Waals surface area contributed by atoms with E-state index < -0.39 is 17.8 Å². The number of carbonyl (C=O) groups is 1. The second-order valence-electron chi connectivity index (χ2n) is 3.85. The predicted molar refractivity (Wildman–Crippen MR) is 67.3 cm³/mol. The van der Waals surface area contributed by atoms with Gasteiger partial charge in [0, 0.05) is 4.47 Å². The van der Waals surface area contributed by atoms with Crippen molar-refractivity contribution in [3.63, 3.8) is 0 Å². The van der Waals surface area contributed by atoms with Crippen LogP contribution in [0.3, 0.4) is 0 Å². The van der Waals surface area contributed by atoms with Crippen molar-refractivity contribution in [1.82, 2.24) is 15.5 Å². The SMILES string of the molecule is O=C(O)NCc1nnc(-c2ccc(Br)cc2C(F)(F)F)o1. The zero-order chi connectivity index (χ0) is 15.6. The Morgan fingerprint density at radius 2 is 2.10 bits per heavy atom. The van der Waals surface area contributed by atoms with Gasteiger partial charge < -0.3 is 14.8 Å². The molecule has 0 saturated carbocycles. The van der Waals surface area contributed by atoms with Gasteiger partial charge in [0.25, 0.3) is 0 Å². The van der Waals surface area contributed by atoms with Crippen LogP contribution in [0.5, 0.6) is 0 Å². The van der Waals surface area contributed by atoms with Crippen LogP contribution < -0.4 is 5.32 Å². The van der Waals surface area contributed by atoms with Crippen LogP contribution in [0.15, 0.2) is 27.1 Å². The largest absolute Gasteiger partial charge is 0.465 e. The Balaban J connectivity index is 2.36. The molecule has 0 atom stereocenters. The summed E-state index contributed by atoms with van der Waals surface area (Å²) in [5, 5.41) is 17.4. The molecule has 6 nitrogen and oxygen atoms in total. The molecule has 112 valence electrons. The number of nitrogens with zero attached hydrogens (tertiary/aromatic N) is 2. The van der Waals surface area contributed by atoms with Crippen LogP contribution in [0.1, 0.15) is 11.5 Å². The van der Waals surface area contributed by atoms with E-state index in [-0.39, 0.29) is 28.4 Å². The maximum atomic E-state index is 13.0. The molecule has 10 heteroatoms.